The van der Waals surface area contributed by atoms with Crippen molar-refractivity contribution in [3.8, 4) is 11.8 Å². The van der Waals surface area contributed by atoms with Gasteiger partial charge in [-0.1, -0.05) is 0 Å². The molecule has 0 saturated heterocycles. The number of benzene rings is 1. The first-order valence-corrected chi connectivity index (χ1v) is 8.31. The third kappa shape index (κ3) is 1.75. The van der Waals surface area contributed by atoms with Crippen molar-refractivity contribution < 1.29 is 0 Å². The molecule has 4 rings (SSSR count). The Morgan fingerprint density at radius 2 is 1.95 bits per heavy atom. The van der Waals surface area contributed by atoms with Gasteiger partial charge in [0.05, 0.1) is 0 Å². The summed E-state index contributed by atoms with van der Waals surface area (Å²) in [4.78, 5) is 9.31. The number of hydrogen-bond donors (Lipinski definition) is 1. The molecule has 106 valence electrons. The van der Waals surface area contributed by atoms with E-state index in [0.29, 0.717) is 21.3 Å². The predicted molar refractivity (Wildman–Crippen MR) is 85.0 cm³/mol. The van der Waals surface area contributed by atoms with Crippen LogP contribution in [0.25, 0.3) is 26.8 Å². The zero-order chi connectivity index (χ0) is 15.3. The van der Waals surface area contributed by atoms with E-state index < -0.39 is 0 Å². The van der Waals surface area contributed by atoms with Crippen molar-refractivity contribution >= 4 is 41.3 Å². The first-order valence-electron chi connectivity index (χ1n) is 6.60. The topological polar surface area (TPSA) is 93.4 Å². The molecule has 0 aliphatic carbocycles. The minimum atomic E-state index is -0.185. The molecular formula is C15H10N6Se. The third-order valence-corrected chi connectivity index (χ3v) is 5.52. The van der Waals surface area contributed by atoms with Gasteiger partial charge in [-0.3, -0.25) is 0 Å². The Morgan fingerprint density at radius 1 is 1.18 bits per heavy atom. The van der Waals surface area contributed by atoms with Gasteiger partial charge in [0.2, 0.25) is 0 Å². The van der Waals surface area contributed by atoms with Crippen molar-refractivity contribution in [2.24, 2.45) is 0 Å². The van der Waals surface area contributed by atoms with Crippen molar-refractivity contribution in [2.75, 3.05) is 5.73 Å². The summed E-state index contributed by atoms with van der Waals surface area (Å²) in [6, 6.07) is 12.0. The molecule has 0 radical (unpaired) electrons. The van der Waals surface area contributed by atoms with Gasteiger partial charge in [-0.25, -0.2) is 0 Å². The Morgan fingerprint density at radius 3 is 2.68 bits per heavy atom. The van der Waals surface area contributed by atoms with E-state index in [0.717, 1.165) is 21.3 Å². The molecule has 0 atom stereocenters. The van der Waals surface area contributed by atoms with Gasteiger partial charge in [0, 0.05) is 0 Å². The molecule has 1 aromatic carbocycles. The molecule has 0 fully saturated rings. The fraction of sp³-hybridized carbons (Fsp3) is 0.0667. The first kappa shape index (κ1) is 13.0. The number of hydrogen-bond acceptors (Lipinski definition) is 5. The molecule has 2 N–H and O–H groups in total. The molecule has 7 heteroatoms. The van der Waals surface area contributed by atoms with Crippen molar-refractivity contribution in [2.45, 2.75) is 6.92 Å². The molecule has 0 saturated carbocycles. The summed E-state index contributed by atoms with van der Waals surface area (Å²) in [6.07, 6.45) is 0. The number of anilines is 1. The van der Waals surface area contributed by atoms with Gasteiger partial charge in [-0.2, -0.15) is 0 Å². The van der Waals surface area contributed by atoms with Crippen LogP contribution in [0.4, 0.5) is 5.69 Å². The van der Waals surface area contributed by atoms with Crippen LogP contribution in [0.1, 0.15) is 10.1 Å². The Balaban J connectivity index is 2.10. The quantitative estimate of drug-likeness (QED) is 0.527. The van der Waals surface area contributed by atoms with Crippen molar-refractivity contribution in [3.05, 3.63) is 40.5 Å². The zero-order valence-electron chi connectivity index (χ0n) is 11.6. The van der Waals surface area contributed by atoms with Crippen molar-refractivity contribution in [1.29, 1.82) is 5.26 Å². The Bertz CT molecular complexity index is 1050. The molecule has 3 heterocycles. The van der Waals surface area contributed by atoms with Crippen LogP contribution >= 0.6 is 0 Å². The molecule has 0 aliphatic rings. The van der Waals surface area contributed by atoms with Gasteiger partial charge >= 0.3 is 131 Å². The number of fused-ring (bicyclic) bond motifs is 2. The number of rotatable bonds is 1. The molecule has 3 aromatic heterocycles. The van der Waals surface area contributed by atoms with Crippen LogP contribution in [0.2, 0.25) is 0 Å². The number of nitrogens with zero attached hydrogens (tertiary/aromatic N) is 5. The Hall–Kier alpha value is -2.68. The molecule has 0 bridgehead atoms. The second-order valence-electron chi connectivity index (χ2n) is 4.84. The van der Waals surface area contributed by atoms with Crippen LogP contribution in [-0.2, 0) is 0 Å². The van der Waals surface area contributed by atoms with E-state index in [1.165, 1.54) is 0 Å². The van der Waals surface area contributed by atoms with Gasteiger partial charge in [-0.15, -0.1) is 0 Å². The van der Waals surface area contributed by atoms with Crippen LogP contribution in [0.5, 0.6) is 0 Å². The van der Waals surface area contributed by atoms with E-state index in [4.69, 9.17) is 16.0 Å². The molecule has 22 heavy (non-hydrogen) atoms. The van der Waals surface area contributed by atoms with E-state index in [9.17, 15) is 0 Å². The molecule has 0 unspecified atom stereocenters. The van der Waals surface area contributed by atoms with E-state index in [-0.39, 0.29) is 14.5 Å². The van der Waals surface area contributed by atoms with Crippen LogP contribution in [0, 0.1) is 18.3 Å². The number of aromatic nitrogens is 4. The van der Waals surface area contributed by atoms with Crippen molar-refractivity contribution in [3.63, 3.8) is 0 Å². The number of nitriles is 1. The van der Waals surface area contributed by atoms with E-state index in [2.05, 4.69) is 16.2 Å². The minimum absolute atomic E-state index is 0.185. The fourth-order valence-corrected chi connectivity index (χ4v) is 4.13. The predicted octanol–water partition coefficient (Wildman–Crippen LogP) is 1.79. The third-order valence-electron chi connectivity index (χ3n) is 3.44. The standard InChI is InChI=1S/C15H10N6Se/c1-8-12-14(21(20-8)9-5-3-2-4-6-9)19-15-13(18-12)11(17)10(7-16)22-15/h2-6H,17H2,1H3. The fourth-order valence-electron chi connectivity index (χ4n) is 2.38. The van der Waals surface area contributed by atoms with Gasteiger partial charge in [0.1, 0.15) is 0 Å². The molecule has 4 aromatic rings. The number of nitrogens with two attached hydrogens (primary N) is 1. The monoisotopic (exact) mass is 354 g/mol. The molecular weight excluding hydrogens is 343 g/mol. The maximum atomic E-state index is 9.14. The normalized spacial score (nSPS) is 11.1. The van der Waals surface area contributed by atoms with E-state index in [1.54, 1.807) is 4.68 Å². The summed E-state index contributed by atoms with van der Waals surface area (Å²) in [5.74, 6) is 0. The van der Waals surface area contributed by atoms with E-state index in [1.807, 2.05) is 37.3 Å². The summed E-state index contributed by atoms with van der Waals surface area (Å²) < 4.78 is 3.17. The number of aryl methyl sites for hydroxylation is 1. The maximum absolute atomic E-state index is 9.14. The van der Waals surface area contributed by atoms with Crippen molar-refractivity contribution in [1.82, 2.24) is 19.7 Å². The van der Waals surface area contributed by atoms with Gasteiger partial charge < -0.3 is 0 Å². The van der Waals surface area contributed by atoms with E-state index >= 15 is 0 Å². The Kier molecular flexibility index (Phi) is 2.76. The summed E-state index contributed by atoms with van der Waals surface area (Å²) in [6.45, 7) is 1.90. The number of nitrogen functional groups attached to an aromatic ring is 1. The van der Waals surface area contributed by atoms with Gasteiger partial charge in [0.15, 0.2) is 0 Å². The average Bonchev–Trinajstić information content (AvgIpc) is 3.04. The molecule has 0 aliphatic heterocycles. The molecule has 6 nitrogen and oxygen atoms in total. The van der Waals surface area contributed by atoms with Crippen LogP contribution in [0.3, 0.4) is 0 Å². The summed E-state index contributed by atoms with van der Waals surface area (Å²) in [7, 11) is 0. The second-order valence-corrected chi connectivity index (χ2v) is 6.94. The average molecular weight is 353 g/mol. The molecule has 0 spiro atoms. The second kappa shape index (κ2) is 4.67. The number of para-hydroxylation sites is 1. The van der Waals surface area contributed by atoms with Gasteiger partial charge in [-0.05, 0) is 0 Å². The summed E-state index contributed by atoms with van der Waals surface area (Å²) >= 11 is -0.185. The zero-order valence-corrected chi connectivity index (χ0v) is 13.3. The Labute approximate surface area is 131 Å². The van der Waals surface area contributed by atoms with Crippen LogP contribution < -0.4 is 5.73 Å². The SMILES string of the molecule is Cc1nn(-c2ccccc2)c2nc3[se]c(C#N)c(N)c3nc12. The van der Waals surface area contributed by atoms with Crippen LogP contribution in [-0.4, -0.2) is 34.3 Å². The summed E-state index contributed by atoms with van der Waals surface area (Å²) in [5, 5.41) is 13.7. The first-order chi connectivity index (χ1) is 10.7. The van der Waals surface area contributed by atoms with Gasteiger partial charge in [0.25, 0.3) is 0 Å². The van der Waals surface area contributed by atoms with Crippen LogP contribution in [0.15, 0.2) is 30.3 Å². The molecule has 0 amide bonds. The summed E-state index contributed by atoms with van der Waals surface area (Å²) in [5.41, 5.74) is 10.3.